The predicted molar refractivity (Wildman–Crippen MR) is 69.5 cm³/mol. The van der Waals surface area contributed by atoms with E-state index in [0.717, 1.165) is 45.2 Å². The molecule has 2 saturated heterocycles. The molecular formula is C12H19N5O. The molecule has 6 nitrogen and oxygen atoms in total. The monoisotopic (exact) mass is 249 g/mol. The zero-order valence-corrected chi connectivity index (χ0v) is 10.5. The Morgan fingerprint density at radius 1 is 1.22 bits per heavy atom. The second kappa shape index (κ2) is 5.07. The Morgan fingerprint density at radius 3 is 2.83 bits per heavy atom. The molecule has 0 saturated carbocycles. The van der Waals surface area contributed by atoms with Gasteiger partial charge in [0.2, 0.25) is 0 Å². The van der Waals surface area contributed by atoms with Gasteiger partial charge in [-0.15, -0.1) is 0 Å². The molecule has 6 heteroatoms. The fourth-order valence-corrected chi connectivity index (χ4v) is 2.71. The molecule has 2 N–H and O–H groups in total. The topological polar surface area (TPSA) is 67.5 Å². The molecule has 0 aromatic carbocycles. The Labute approximate surface area is 107 Å². The Bertz CT molecular complexity index is 407. The normalized spacial score (nSPS) is 25.6. The molecule has 2 aliphatic heterocycles. The average molecular weight is 249 g/mol. The Hall–Kier alpha value is -1.40. The molecule has 3 rings (SSSR count). The number of nitrogen functional groups attached to an aromatic ring is 1. The molecule has 0 spiro atoms. The first kappa shape index (κ1) is 11.7. The second-order valence-corrected chi connectivity index (χ2v) is 4.84. The van der Waals surface area contributed by atoms with E-state index in [9.17, 15) is 0 Å². The van der Waals surface area contributed by atoms with Gasteiger partial charge in [0.25, 0.3) is 0 Å². The van der Waals surface area contributed by atoms with Gasteiger partial charge < -0.3 is 15.4 Å². The third kappa shape index (κ3) is 2.39. The van der Waals surface area contributed by atoms with Crippen LogP contribution in [0, 0.1) is 0 Å². The highest BCUT2D eigenvalue weighted by Gasteiger charge is 2.29. The molecule has 1 unspecified atom stereocenters. The van der Waals surface area contributed by atoms with Crippen LogP contribution in [0.5, 0.6) is 0 Å². The molecule has 0 amide bonds. The summed E-state index contributed by atoms with van der Waals surface area (Å²) in [5.74, 6) is 1.38. The summed E-state index contributed by atoms with van der Waals surface area (Å²) in [6.45, 7) is 5.84. The molecule has 18 heavy (non-hydrogen) atoms. The second-order valence-electron chi connectivity index (χ2n) is 4.84. The minimum atomic E-state index is 0.488. The SMILES string of the molecule is Nc1cncc(N2CCC(N3CCOCC3)C2)n1. The van der Waals surface area contributed by atoms with Crippen molar-refractivity contribution in [1.29, 1.82) is 0 Å². The number of rotatable bonds is 2. The van der Waals surface area contributed by atoms with Crippen molar-refractivity contribution in [3.63, 3.8) is 0 Å². The van der Waals surface area contributed by atoms with E-state index in [1.807, 2.05) is 0 Å². The Morgan fingerprint density at radius 2 is 2.06 bits per heavy atom. The number of nitrogens with zero attached hydrogens (tertiary/aromatic N) is 4. The van der Waals surface area contributed by atoms with Gasteiger partial charge >= 0.3 is 0 Å². The first-order valence-corrected chi connectivity index (χ1v) is 6.47. The lowest BCUT2D eigenvalue weighted by Gasteiger charge is -2.32. The minimum absolute atomic E-state index is 0.488. The maximum atomic E-state index is 5.68. The number of hydrogen-bond donors (Lipinski definition) is 1. The third-order valence-electron chi connectivity index (χ3n) is 3.69. The number of anilines is 2. The highest BCUT2D eigenvalue weighted by Crippen LogP contribution is 2.21. The van der Waals surface area contributed by atoms with Crippen LogP contribution in [0.15, 0.2) is 12.4 Å². The lowest BCUT2D eigenvalue weighted by atomic mass is 10.2. The van der Waals surface area contributed by atoms with Crippen LogP contribution in [0.3, 0.4) is 0 Å². The summed E-state index contributed by atoms with van der Waals surface area (Å²) < 4.78 is 5.39. The molecule has 3 heterocycles. The van der Waals surface area contributed by atoms with Crippen molar-refractivity contribution in [2.24, 2.45) is 0 Å². The first-order valence-electron chi connectivity index (χ1n) is 6.47. The van der Waals surface area contributed by atoms with Crippen molar-refractivity contribution in [3.8, 4) is 0 Å². The lowest BCUT2D eigenvalue weighted by Crippen LogP contribution is -2.44. The molecule has 2 fully saturated rings. The van der Waals surface area contributed by atoms with E-state index in [1.54, 1.807) is 12.4 Å². The summed E-state index contributed by atoms with van der Waals surface area (Å²) in [5, 5.41) is 0. The fraction of sp³-hybridized carbons (Fsp3) is 0.667. The van der Waals surface area contributed by atoms with Crippen molar-refractivity contribution in [2.75, 3.05) is 50.0 Å². The number of nitrogens with two attached hydrogens (primary N) is 1. The van der Waals surface area contributed by atoms with Crippen LogP contribution in [-0.4, -0.2) is 60.3 Å². The summed E-state index contributed by atoms with van der Waals surface area (Å²) in [6.07, 6.45) is 4.55. The minimum Gasteiger partial charge on any atom is -0.382 e. The summed E-state index contributed by atoms with van der Waals surface area (Å²) in [4.78, 5) is 13.2. The summed E-state index contributed by atoms with van der Waals surface area (Å²) >= 11 is 0. The molecule has 2 aliphatic rings. The van der Waals surface area contributed by atoms with E-state index in [0.29, 0.717) is 11.9 Å². The van der Waals surface area contributed by atoms with Crippen molar-refractivity contribution < 1.29 is 4.74 Å². The van der Waals surface area contributed by atoms with Gasteiger partial charge in [0, 0.05) is 32.2 Å². The van der Waals surface area contributed by atoms with Crippen molar-refractivity contribution in [3.05, 3.63) is 12.4 Å². The third-order valence-corrected chi connectivity index (χ3v) is 3.69. The van der Waals surface area contributed by atoms with Crippen molar-refractivity contribution in [2.45, 2.75) is 12.5 Å². The first-order chi connectivity index (χ1) is 8.83. The zero-order valence-electron chi connectivity index (χ0n) is 10.5. The summed E-state index contributed by atoms with van der Waals surface area (Å²) in [5.41, 5.74) is 5.68. The van der Waals surface area contributed by atoms with Crippen LogP contribution in [0.4, 0.5) is 11.6 Å². The maximum absolute atomic E-state index is 5.68. The van der Waals surface area contributed by atoms with Crippen LogP contribution in [-0.2, 0) is 4.74 Å². The van der Waals surface area contributed by atoms with E-state index < -0.39 is 0 Å². The number of aromatic nitrogens is 2. The Balaban J connectivity index is 1.64. The Kier molecular flexibility index (Phi) is 3.29. The summed E-state index contributed by atoms with van der Waals surface area (Å²) in [6, 6.07) is 0.608. The smallest absolute Gasteiger partial charge is 0.149 e. The standard InChI is InChI=1S/C12H19N5O/c13-11-7-14-8-12(15-11)17-2-1-10(9-17)16-3-5-18-6-4-16/h7-8,10H,1-6,9H2,(H2,13,15). The average Bonchev–Trinajstić information content (AvgIpc) is 2.89. The van der Waals surface area contributed by atoms with Crippen molar-refractivity contribution in [1.82, 2.24) is 14.9 Å². The molecular weight excluding hydrogens is 230 g/mol. The van der Waals surface area contributed by atoms with Crippen LogP contribution in [0.1, 0.15) is 6.42 Å². The molecule has 0 bridgehead atoms. The van der Waals surface area contributed by atoms with Gasteiger partial charge in [0.05, 0.1) is 25.6 Å². The largest absolute Gasteiger partial charge is 0.382 e. The predicted octanol–water partition coefficient (Wildman–Crippen LogP) is -0.0303. The number of morpholine rings is 1. The molecule has 0 radical (unpaired) electrons. The fourth-order valence-electron chi connectivity index (χ4n) is 2.71. The van der Waals surface area contributed by atoms with E-state index in [1.165, 1.54) is 6.42 Å². The molecule has 1 aromatic rings. The number of ether oxygens (including phenoxy) is 1. The van der Waals surface area contributed by atoms with Crippen molar-refractivity contribution >= 4 is 11.6 Å². The van der Waals surface area contributed by atoms with E-state index >= 15 is 0 Å². The molecule has 1 atom stereocenters. The van der Waals surface area contributed by atoms with Gasteiger partial charge in [-0.25, -0.2) is 4.98 Å². The van der Waals surface area contributed by atoms with E-state index in [2.05, 4.69) is 19.8 Å². The highest BCUT2D eigenvalue weighted by atomic mass is 16.5. The van der Waals surface area contributed by atoms with Crippen LogP contribution in [0.25, 0.3) is 0 Å². The maximum Gasteiger partial charge on any atom is 0.149 e. The highest BCUT2D eigenvalue weighted by molar-refractivity contribution is 5.42. The lowest BCUT2D eigenvalue weighted by molar-refractivity contribution is 0.0209. The zero-order chi connectivity index (χ0) is 12.4. The summed E-state index contributed by atoms with van der Waals surface area (Å²) in [7, 11) is 0. The van der Waals surface area contributed by atoms with Crippen LogP contribution < -0.4 is 10.6 Å². The molecule has 98 valence electrons. The van der Waals surface area contributed by atoms with Crippen LogP contribution >= 0.6 is 0 Å². The quantitative estimate of drug-likeness (QED) is 0.794. The van der Waals surface area contributed by atoms with E-state index in [-0.39, 0.29) is 0 Å². The van der Waals surface area contributed by atoms with Crippen LogP contribution in [0.2, 0.25) is 0 Å². The van der Waals surface area contributed by atoms with Gasteiger partial charge in [-0.2, -0.15) is 0 Å². The van der Waals surface area contributed by atoms with Gasteiger partial charge in [0.1, 0.15) is 11.6 Å². The van der Waals surface area contributed by atoms with Gasteiger partial charge in [-0.3, -0.25) is 9.88 Å². The number of hydrogen-bond acceptors (Lipinski definition) is 6. The van der Waals surface area contributed by atoms with E-state index in [4.69, 9.17) is 10.5 Å². The molecule has 0 aliphatic carbocycles. The van der Waals surface area contributed by atoms with Gasteiger partial charge in [-0.05, 0) is 6.42 Å². The van der Waals surface area contributed by atoms with Gasteiger partial charge in [-0.1, -0.05) is 0 Å². The molecule has 1 aromatic heterocycles. The van der Waals surface area contributed by atoms with Gasteiger partial charge in [0.15, 0.2) is 0 Å².